The fraction of sp³-hybridized carbons (Fsp3) is 0.571. The molecule has 0 aliphatic heterocycles. The highest BCUT2D eigenvalue weighted by atomic mass is 14.9. The summed E-state index contributed by atoms with van der Waals surface area (Å²) in [5.74, 6) is 0.809. The monoisotopic (exact) mass is 220 g/mol. The van der Waals surface area contributed by atoms with Crippen molar-refractivity contribution in [2.75, 3.05) is 17.6 Å². The zero-order valence-electron chi connectivity index (χ0n) is 10.7. The van der Waals surface area contributed by atoms with Crippen LogP contribution in [-0.4, -0.2) is 6.54 Å². The van der Waals surface area contributed by atoms with Gasteiger partial charge in [-0.2, -0.15) is 0 Å². The van der Waals surface area contributed by atoms with Crippen molar-refractivity contribution in [3.63, 3.8) is 0 Å². The maximum Gasteiger partial charge on any atom is 0.0579 e. The molecule has 0 atom stereocenters. The first-order chi connectivity index (χ1) is 7.61. The Kier molecular flexibility index (Phi) is 5.17. The molecule has 0 fully saturated rings. The first kappa shape index (κ1) is 12.9. The van der Waals surface area contributed by atoms with Gasteiger partial charge in [0.15, 0.2) is 0 Å². The highest BCUT2D eigenvalue weighted by molar-refractivity contribution is 5.69. The van der Waals surface area contributed by atoms with E-state index in [2.05, 4.69) is 19.2 Å². The number of para-hydroxylation sites is 1. The summed E-state index contributed by atoms with van der Waals surface area (Å²) in [6.45, 7) is 7.59. The lowest BCUT2D eigenvalue weighted by atomic mass is 10.1. The first-order valence-electron chi connectivity index (χ1n) is 6.20. The van der Waals surface area contributed by atoms with Crippen LogP contribution in [0.1, 0.15) is 38.7 Å². The van der Waals surface area contributed by atoms with Crippen molar-refractivity contribution < 1.29 is 0 Å². The fourth-order valence-electron chi connectivity index (χ4n) is 1.74. The third-order valence-electron chi connectivity index (χ3n) is 2.85. The maximum atomic E-state index is 5.98. The topological polar surface area (TPSA) is 38.0 Å². The first-order valence-corrected chi connectivity index (χ1v) is 6.20. The van der Waals surface area contributed by atoms with Gasteiger partial charge in [0.2, 0.25) is 0 Å². The smallest absolute Gasteiger partial charge is 0.0579 e. The highest BCUT2D eigenvalue weighted by Crippen LogP contribution is 2.21. The van der Waals surface area contributed by atoms with Gasteiger partial charge in [-0.15, -0.1) is 0 Å². The Morgan fingerprint density at radius 1 is 1.25 bits per heavy atom. The molecule has 2 heteroatoms. The largest absolute Gasteiger partial charge is 0.397 e. The molecule has 0 radical (unpaired) electrons. The molecule has 0 heterocycles. The van der Waals surface area contributed by atoms with Crippen molar-refractivity contribution in [1.29, 1.82) is 0 Å². The van der Waals surface area contributed by atoms with Gasteiger partial charge in [0, 0.05) is 6.54 Å². The van der Waals surface area contributed by atoms with Gasteiger partial charge in [-0.3, -0.25) is 0 Å². The lowest BCUT2D eigenvalue weighted by Crippen LogP contribution is -2.05. The molecule has 0 aliphatic carbocycles. The van der Waals surface area contributed by atoms with Gasteiger partial charge < -0.3 is 11.1 Å². The predicted molar refractivity (Wildman–Crippen MR) is 72.8 cm³/mol. The van der Waals surface area contributed by atoms with Crippen LogP contribution in [0.25, 0.3) is 0 Å². The number of nitrogens with one attached hydrogen (secondary N) is 1. The van der Waals surface area contributed by atoms with Crippen LogP contribution in [0.4, 0.5) is 11.4 Å². The second-order valence-corrected chi connectivity index (χ2v) is 4.85. The van der Waals surface area contributed by atoms with Gasteiger partial charge in [-0.05, 0) is 30.9 Å². The van der Waals surface area contributed by atoms with Crippen molar-refractivity contribution in [3.05, 3.63) is 23.8 Å². The van der Waals surface area contributed by atoms with Crippen LogP contribution in [0.3, 0.4) is 0 Å². The van der Waals surface area contributed by atoms with E-state index in [-0.39, 0.29) is 0 Å². The lowest BCUT2D eigenvalue weighted by Gasteiger charge is -2.11. The number of anilines is 2. The van der Waals surface area contributed by atoms with Crippen molar-refractivity contribution in [3.8, 4) is 0 Å². The number of rotatable bonds is 6. The number of nitrogens with two attached hydrogens (primary N) is 1. The van der Waals surface area contributed by atoms with Gasteiger partial charge >= 0.3 is 0 Å². The summed E-state index contributed by atoms with van der Waals surface area (Å²) in [5, 5.41) is 3.40. The molecule has 0 amide bonds. The normalized spacial score (nSPS) is 10.8. The molecule has 0 bridgehead atoms. The minimum Gasteiger partial charge on any atom is -0.397 e. The molecule has 1 aromatic carbocycles. The highest BCUT2D eigenvalue weighted by Gasteiger charge is 2.00. The summed E-state index contributed by atoms with van der Waals surface area (Å²) >= 11 is 0. The number of unbranched alkanes of at least 4 members (excludes halogenated alkanes) is 1. The van der Waals surface area contributed by atoms with Crippen LogP contribution in [0.2, 0.25) is 0 Å². The molecular formula is C14H24N2. The molecule has 1 aromatic rings. The van der Waals surface area contributed by atoms with Crippen molar-refractivity contribution in [2.45, 2.75) is 40.0 Å². The second-order valence-electron chi connectivity index (χ2n) is 4.85. The van der Waals surface area contributed by atoms with Crippen molar-refractivity contribution in [2.24, 2.45) is 5.92 Å². The zero-order valence-corrected chi connectivity index (χ0v) is 10.7. The van der Waals surface area contributed by atoms with Crippen LogP contribution >= 0.6 is 0 Å². The van der Waals surface area contributed by atoms with E-state index in [1.807, 2.05) is 25.1 Å². The Bertz CT molecular complexity index is 319. The summed E-state index contributed by atoms with van der Waals surface area (Å²) in [7, 11) is 0. The van der Waals surface area contributed by atoms with E-state index < -0.39 is 0 Å². The molecular weight excluding hydrogens is 196 g/mol. The minimum atomic E-state index is 0.809. The molecule has 1 rings (SSSR count). The van der Waals surface area contributed by atoms with E-state index in [0.29, 0.717) is 0 Å². The average molecular weight is 220 g/mol. The third-order valence-corrected chi connectivity index (χ3v) is 2.85. The molecule has 0 aliphatic rings. The molecule has 0 saturated heterocycles. The average Bonchev–Trinajstić information content (AvgIpc) is 2.23. The lowest BCUT2D eigenvalue weighted by molar-refractivity contribution is 0.545. The van der Waals surface area contributed by atoms with E-state index in [9.17, 15) is 0 Å². The van der Waals surface area contributed by atoms with Gasteiger partial charge in [0.05, 0.1) is 11.4 Å². The number of hydrogen-bond acceptors (Lipinski definition) is 2. The Labute approximate surface area is 99.2 Å². The third kappa shape index (κ3) is 4.13. The molecule has 0 saturated carbocycles. The SMILES string of the molecule is Cc1cccc(NCCCCC(C)C)c1N. The van der Waals surface area contributed by atoms with Gasteiger partial charge in [-0.1, -0.05) is 38.8 Å². The maximum absolute atomic E-state index is 5.98. The summed E-state index contributed by atoms with van der Waals surface area (Å²) in [4.78, 5) is 0. The van der Waals surface area contributed by atoms with Crippen molar-refractivity contribution in [1.82, 2.24) is 0 Å². The van der Waals surface area contributed by atoms with E-state index in [0.717, 1.165) is 29.4 Å². The number of hydrogen-bond donors (Lipinski definition) is 2. The molecule has 0 unspecified atom stereocenters. The predicted octanol–water partition coefficient (Wildman–Crippen LogP) is 3.82. The molecule has 2 nitrogen and oxygen atoms in total. The molecule has 90 valence electrons. The minimum absolute atomic E-state index is 0.809. The molecule has 0 aromatic heterocycles. The Morgan fingerprint density at radius 3 is 2.69 bits per heavy atom. The van der Waals surface area contributed by atoms with E-state index in [1.54, 1.807) is 0 Å². The summed E-state index contributed by atoms with van der Waals surface area (Å²) in [5.41, 5.74) is 9.08. The summed E-state index contributed by atoms with van der Waals surface area (Å²) < 4.78 is 0. The Morgan fingerprint density at radius 2 is 2.00 bits per heavy atom. The molecule has 0 spiro atoms. The van der Waals surface area contributed by atoms with E-state index in [4.69, 9.17) is 5.73 Å². The zero-order chi connectivity index (χ0) is 12.0. The van der Waals surface area contributed by atoms with Crippen LogP contribution in [0.5, 0.6) is 0 Å². The second kappa shape index (κ2) is 6.41. The van der Waals surface area contributed by atoms with Crippen LogP contribution < -0.4 is 11.1 Å². The number of benzene rings is 1. The summed E-state index contributed by atoms with van der Waals surface area (Å²) in [6, 6.07) is 6.13. The summed E-state index contributed by atoms with van der Waals surface area (Å²) in [6.07, 6.45) is 3.81. The van der Waals surface area contributed by atoms with Crippen LogP contribution in [-0.2, 0) is 0 Å². The van der Waals surface area contributed by atoms with Crippen LogP contribution in [0, 0.1) is 12.8 Å². The Hall–Kier alpha value is -1.18. The Balaban J connectivity index is 2.29. The number of nitrogen functional groups attached to an aromatic ring is 1. The van der Waals surface area contributed by atoms with Gasteiger partial charge in [-0.25, -0.2) is 0 Å². The quantitative estimate of drug-likeness (QED) is 0.565. The number of aryl methyl sites for hydroxylation is 1. The van der Waals surface area contributed by atoms with Gasteiger partial charge in [0.1, 0.15) is 0 Å². The molecule has 3 N–H and O–H groups in total. The standard InChI is InChI=1S/C14H24N2/c1-11(2)7-4-5-10-16-13-9-6-8-12(3)14(13)15/h6,8-9,11,16H,4-5,7,10,15H2,1-3H3. The van der Waals surface area contributed by atoms with Gasteiger partial charge in [0.25, 0.3) is 0 Å². The van der Waals surface area contributed by atoms with Crippen molar-refractivity contribution >= 4 is 11.4 Å². The fourth-order valence-corrected chi connectivity index (χ4v) is 1.74. The molecule has 16 heavy (non-hydrogen) atoms. The van der Waals surface area contributed by atoms with Crippen LogP contribution in [0.15, 0.2) is 18.2 Å². The van der Waals surface area contributed by atoms with E-state index in [1.165, 1.54) is 19.3 Å². The van der Waals surface area contributed by atoms with E-state index >= 15 is 0 Å².